The minimum Gasteiger partial charge on any atom is -0.478 e. The number of rotatable bonds is 4. The van der Waals surface area contributed by atoms with Crippen LogP contribution in [0.25, 0.3) is 0 Å². The standard InChI is InChI=1S/C14H11Cl2N3O5S2/c1-2-8-13(20)17-7-5-6(3-4-9(7)24-8)26(22,23)19-14(21)11-10(15)12(16)25-18-11/h3-5,8H,2H2,1H3,(H,17,20)(H,19,21). The van der Waals surface area contributed by atoms with Gasteiger partial charge < -0.3 is 10.1 Å². The molecule has 1 atom stereocenters. The molecule has 1 aromatic heterocycles. The van der Waals surface area contributed by atoms with Gasteiger partial charge in [-0.1, -0.05) is 30.1 Å². The van der Waals surface area contributed by atoms with E-state index < -0.39 is 22.0 Å². The van der Waals surface area contributed by atoms with E-state index in [0.717, 1.165) is 11.5 Å². The van der Waals surface area contributed by atoms with Gasteiger partial charge in [-0.05, 0) is 36.2 Å². The highest BCUT2D eigenvalue weighted by Gasteiger charge is 2.29. The monoisotopic (exact) mass is 435 g/mol. The third-order valence-corrected chi connectivity index (χ3v) is 6.43. The van der Waals surface area contributed by atoms with Gasteiger partial charge in [0.05, 0.1) is 10.6 Å². The molecule has 12 heteroatoms. The second-order valence-corrected chi connectivity index (χ2v) is 8.65. The summed E-state index contributed by atoms with van der Waals surface area (Å²) in [5.74, 6) is -1.04. The molecule has 3 rings (SSSR count). The summed E-state index contributed by atoms with van der Waals surface area (Å²) in [7, 11) is -4.23. The number of benzene rings is 1. The highest BCUT2D eigenvalue weighted by Crippen LogP contribution is 2.33. The van der Waals surface area contributed by atoms with Crippen LogP contribution in [0.5, 0.6) is 5.75 Å². The molecule has 2 amide bonds. The first-order valence-corrected chi connectivity index (χ1v) is 10.2. The quantitative estimate of drug-likeness (QED) is 0.762. The molecule has 0 fully saturated rings. The third kappa shape index (κ3) is 3.50. The Balaban J connectivity index is 1.86. The van der Waals surface area contributed by atoms with Crippen molar-refractivity contribution in [3.05, 3.63) is 33.3 Å². The number of nitrogens with zero attached hydrogens (tertiary/aromatic N) is 1. The van der Waals surface area contributed by atoms with Crippen LogP contribution >= 0.6 is 34.7 Å². The van der Waals surface area contributed by atoms with Crippen molar-refractivity contribution >= 4 is 62.3 Å². The van der Waals surface area contributed by atoms with Gasteiger partial charge in [-0.25, -0.2) is 13.1 Å². The number of carbonyl (C=O) groups is 2. The number of anilines is 1. The highest BCUT2D eigenvalue weighted by molar-refractivity contribution is 7.90. The van der Waals surface area contributed by atoms with Crippen molar-refractivity contribution in [2.24, 2.45) is 0 Å². The zero-order chi connectivity index (χ0) is 19.1. The van der Waals surface area contributed by atoms with Crippen LogP contribution in [0.15, 0.2) is 23.1 Å². The first-order chi connectivity index (χ1) is 12.2. The lowest BCUT2D eigenvalue weighted by atomic mass is 10.2. The number of ether oxygens (including phenoxy) is 1. The lowest BCUT2D eigenvalue weighted by Crippen LogP contribution is -2.36. The van der Waals surface area contributed by atoms with E-state index in [4.69, 9.17) is 27.9 Å². The molecule has 0 aliphatic carbocycles. The maximum Gasteiger partial charge on any atom is 0.286 e. The van der Waals surface area contributed by atoms with Gasteiger partial charge in [0.25, 0.3) is 21.8 Å². The van der Waals surface area contributed by atoms with Crippen molar-refractivity contribution in [2.45, 2.75) is 24.3 Å². The molecule has 8 nitrogen and oxygen atoms in total. The second kappa shape index (κ2) is 7.03. The van der Waals surface area contributed by atoms with Crippen LogP contribution in [0.4, 0.5) is 5.69 Å². The summed E-state index contributed by atoms with van der Waals surface area (Å²) in [6.45, 7) is 1.79. The Morgan fingerprint density at radius 1 is 1.42 bits per heavy atom. The Kier molecular flexibility index (Phi) is 5.11. The van der Waals surface area contributed by atoms with Gasteiger partial charge in [-0.3, -0.25) is 9.59 Å². The normalized spacial score (nSPS) is 16.4. The lowest BCUT2D eigenvalue weighted by molar-refractivity contribution is -0.123. The van der Waals surface area contributed by atoms with E-state index in [1.165, 1.54) is 18.2 Å². The number of halogens is 2. The van der Waals surface area contributed by atoms with E-state index in [9.17, 15) is 18.0 Å². The summed E-state index contributed by atoms with van der Waals surface area (Å²) in [5, 5.41) is 2.46. The fraction of sp³-hybridized carbons (Fsp3) is 0.214. The van der Waals surface area contributed by atoms with Crippen LogP contribution in [-0.2, 0) is 14.8 Å². The fourth-order valence-electron chi connectivity index (χ4n) is 2.19. The third-order valence-electron chi connectivity index (χ3n) is 3.49. The predicted molar refractivity (Wildman–Crippen MR) is 96.6 cm³/mol. The van der Waals surface area contributed by atoms with E-state index in [1.807, 2.05) is 4.72 Å². The molecule has 1 aliphatic heterocycles. The topological polar surface area (TPSA) is 114 Å². The number of hydrogen-bond acceptors (Lipinski definition) is 7. The van der Waals surface area contributed by atoms with E-state index >= 15 is 0 Å². The van der Waals surface area contributed by atoms with Gasteiger partial charge >= 0.3 is 0 Å². The summed E-state index contributed by atoms with van der Waals surface area (Å²) >= 11 is 12.3. The number of fused-ring (bicyclic) bond motifs is 1. The Hall–Kier alpha value is -1.88. The molecular weight excluding hydrogens is 425 g/mol. The van der Waals surface area contributed by atoms with Crippen molar-refractivity contribution in [3.8, 4) is 5.75 Å². The van der Waals surface area contributed by atoms with Gasteiger partial charge in [0.15, 0.2) is 11.8 Å². The molecule has 0 saturated carbocycles. The summed E-state index contributed by atoms with van der Waals surface area (Å²) in [4.78, 5) is 23.7. The molecule has 0 bridgehead atoms. The van der Waals surface area contributed by atoms with E-state index in [1.54, 1.807) is 6.92 Å². The fourth-order valence-corrected chi connectivity index (χ4v) is 4.17. The highest BCUT2D eigenvalue weighted by atomic mass is 35.5. The van der Waals surface area contributed by atoms with E-state index in [-0.39, 0.29) is 31.5 Å². The molecule has 138 valence electrons. The molecule has 0 spiro atoms. The lowest BCUT2D eigenvalue weighted by Gasteiger charge is -2.25. The SMILES string of the molecule is CCC1Oc2ccc(S(=O)(=O)NC(=O)c3nsc(Cl)c3Cl)cc2NC1=O. The first-order valence-electron chi connectivity index (χ1n) is 7.22. The number of hydrogen-bond donors (Lipinski definition) is 2. The predicted octanol–water partition coefficient (Wildman–Crippen LogP) is 2.68. The average molecular weight is 436 g/mol. The molecule has 2 heterocycles. The maximum absolute atomic E-state index is 12.4. The van der Waals surface area contributed by atoms with Crippen LogP contribution in [0.1, 0.15) is 23.8 Å². The molecule has 1 aromatic carbocycles. The number of aromatic nitrogens is 1. The zero-order valence-corrected chi connectivity index (χ0v) is 16.2. The number of nitrogens with one attached hydrogen (secondary N) is 2. The number of carbonyl (C=O) groups excluding carboxylic acids is 2. The summed E-state index contributed by atoms with van der Waals surface area (Å²) in [6, 6.07) is 3.86. The zero-order valence-electron chi connectivity index (χ0n) is 13.1. The van der Waals surface area contributed by atoms with Gasteiger partial charge in [0.1, 0.15) is 15.1 Å². The molecule has 2 N–H and O–H groups in total. The van der Waals surface area contributed by atoms with Crippen molar-refractivity contribution in [2.75, 3.05) is 5.32 Å². The number of sulfonamides is 1. The van der Waals surface area contributed by atoms with Gasteiger partial charge in [-0.15, -0.1) is 0 Å². The summed E-state index contributed by atoms with van der Waals surface area (Å²) in [5.41, 5.74) is -0.0876. The van der Waals surface area contributed by atoms with Crippen molar-refractivity contribution in [3.63, 3.8) is 0 Å². The first kappa shape index (κ1) is 18.9. The van der Waals surface area contributed by atoms with Gasteiger partial charge in [0, 0.05) is 0 Å². The second-order valence-electron chi connectivity index (χ2n) is 5.22. The largest absolute Gasteiger partial charge is 0.478 e. The van der Waals surface area contributed by atoms with Crippen LogP contribution in [-0.4, -0.2) is 30.7 Å². The Labute approximate surface area is 162 Å². The summed E-state index contributed by atoms with van der Waals surface area (Å²) < 4.78 is 36.0. The molecular formula is C14H11Cl2N3O5S2. The van der Waals surface area contributed by atoms with Crippen molar-refractivity contribution in [1.82, 2.24) is 9.10 Å². The number of amides is 2. The van der Waals surface area contributed by atoms with Gasteiger partial charge in [-0.2, -0.15) is 4.37 Å². The minimum atomic E-state index is -4.23. The Bertz CT molecular complexity index is 1010. The Morgan fingerprint density at radius 2 is 2.15 bits per heavy atom. The Morgan fingerprint density at radius 3 is 2.77 bits per heavy atom. The molecule has 0 saturated heterocycles. The van der Waals surface area contributed by atoms with E-state index in [2.05, 4.69) is 9.69 Å². The summed E-state index contributed by atoms with van der Waals surface area (Å²) in [6.07, 6.45) is -0.167. The minimum absolute atomic E-state index is 0.0772. The smallest absolute Gasteiger partial charge is 0.286 e. The van der Waals surface area contributed by atoms with Crippen LogP contribution in [0.2, 0.25) is 9.36 Å². The maximum atomic E-state index is 12.4. The molecule has 1 aliphatic rings. The van der Waals surface area contributed by atoms with Crippen molar-refractivity contribution < 1.29 is 22.7 Å². The van der Waals surface area contributed by atoms with E-state index in [0.29, 0.717) is 12.2 Å². The van der Waals surface area contributed by atoms with Crippen molar-refractivity contribution in [1.29, 1.82) is 0 Å². The molecule has 1 unspecified atom stereocenters. The molecule has 2 aromatic rings. The van der Waals surface area contributed by atoms with Crippen LogP contribution in [0.3, 0.4) is 0 Å². The molecule has 0 radical (unpaired) electrons. The van der Waals surface area contributed by atoms with Crippen LogP contribution < -0.4 is 14.8 Å². The van der Waals surface area contributed by atoms with Crippen LogP contribution in [0, 0.1) is 0 Å². The van der Waals surface area contributed by atoms with Gasteiger partial charge in [0.2, 0.25) is 0 Å². The molecule has 26 heavy (non-hydrogen) atoms. The average Bonchev–Trinajstić information content (AvgIpc) is 2.92.